The predicted octanol–water partition coefficient (Wildman–Crippen LogP) is 1.72. The summed E-state index contributed by atoms with van der Waals surface area (Å²) in [5.74, 6) is 0. The van der Waals surface area contributed by atoms with Gasteiger partial charge in [0.1, 0.15) is 0 Å². The van der Waals surface area contributed by atoms with Crippen LogP contribution in [0.4, 0.5) is 0 Å². The Labute approximate surface area is 97.0 Å². The van der Waals surface area contributed by atoms with E-state index >= 15 is 0 Å². The zero-order chi connectivity index (χ0) is 12.0. The summed E-state index contributed by atoms with van der Waals surface area (Å²) in [5.41, 5.74) is 8.82. The third kappa shape index (κ3) is 3.39. The Bertz CT molecular complexity index is 436. The maximum absolute atomic E-state index is 5.43. The van der Waals surface area contributed by atoms with Crippen LogP contribution in [-0.2, 0) is 0 Å². The molecule has 0 bridgehead atoms. The third-order valence-corrected chi connectivity index (χ3v) is 2.19. The van der Waals surface area contributed by atoms with Crippen molar-refractivity contribution in [2.45, 2.75) is 13.7 Å². The van der Waals surface area contributed by atoms with Gasteiger partial charge in [0.2, 0.25) is 0 Å². The third-order valence-electron chi connectivity index (χ3n) is 2.19. The van der Waals surface area contributed by atoms with Gasteiger partial charge in [-0.05, 0) is 25.3 Å². The summed E-state index contributed by atoms with van der Waals surface area (Å²) in [4.78, 5) is 8.59. The number of rotatable bonds is 4. The molecule has 1 rings (SSSR count). The fourth-order valence-electron chi connectivity index (χ4n) is 1.18. The van der Waals surface area contributed by atoms with Gasteiger partial charge in [-0.15, -0.1) is 0 Å². The van der Waals surface area contributed by atoms with Gasteiger partial charge in [-0.1, -0.05) is 24.9 Å². The minimum Gasteiger partial charge on any atom is -0.405 e. The van der Waals surface area contributed by atoms with Crippen LogP contribution in [0.15, 0.2) is 41.4 Å². The fourth-order valence-corrected chi connectivity index (χ4v) is 1.18. The molecule has 4 heteroatoms. The number of hydrogen-bond acceptors (Lipinski definition) is 3. The summed E-state index contributed by atoms with van der Waals surface area (Å²) in [7, 11) is 0.856. The van der Waals surface area contributed by atoms with Crippen LogP contribution < -0.4 is 5.73 Å². The zero-order valence-corrected chi connectivity index (χ0v) is 9.77. The van der Waals surface area contributed by atoms with Crippen molar-refractivity contribution in [1.82, 2.24) is 4.98 Å². The lowest BCUT2D eigenvalue weighted by molar-refractivity contribution is 1.16. The van der Waals surface area contributed by atoms with Crippen molar-refractivity contribution >= 4 is 19.2 Å². The summed E-state index contributed by atoms with van der Waals surface area (Å²) in [6.45, 7) is 7.85. The van der Waals surface area contributed by atoms with Gasteiger partial charge in [0.05, 0.1) is 11.4 Å². The Balaban J connectivity index is 2.80. The number of allylic oxidation sites excluding steroid dienone is 1. The number of aryl methyl sites for hydroxylation is 1. The number of pyridine rings is 1. The van der Waals surface area contributed by atoms with Crippen LogP contribution in [0.3, 0.4) is 0 Å². The van der Waals surface area contributed by atoms with Gasteiger partial charge in [-0.25, -0.2) is 0 Å². The van der Waals surface area contributed by atoms with Crippen molar-refractivity contribution in [2.24, 2.45) is 10.7 Å². The van der Waals surface area contributed by atoms with Crippen LogP contribution in [0.25, 0.3) is 5.70 Å². The molecule has 16 heavy (non-hydrogen) atoms. The average molecular weight is 213 g/mol. The van der Waals surface area contributed by atoms with Gasteiger partial charge < -0.3 is 5.73 Å². The first-order valence-corrected chi connectivity index (χ1v) is 5.25. The summed E-state index contributed by atoms with van der Waals surface area (Å²) < 4.78 is 0. The molecule has 0 aliphatic heterocycles. The highest BCUT2D eigenvalue weighted by molar-refractivity contribution is 6.50. The normalized spacial score (nSPS) is 11.8. The van der Waals surface area contributed by atoms with E-state index in [1.807, 2.05) is 31.9 Å². The Morgan fingerprint density at radius 2 is 2.31 bits per heavy atom. The predicted molar refractivity (Wildman–Crippen MR) is 71.8 cm³/mol. The second-order valence-electron chi connectivity index (χ2n) is 3.46. The van der Waals surface area contributed by atoms with E-state index in [2.05, 4.69) is 16.6 Å². The first-order valence-electron chi connectivity index (χ1n) is 5.25. The molecule has 1 aromatic rings. The smallest absolute Gasteiger partial charge is 0.158 e. The van der Waals surface area contributed by atoms with Crippen LogP contribution in [0.1, 0.15) is 11.4 Å². The van der Waals surface area contributed by atoms with Crippen LogP contribution in [-0.4, -0.2) is 18.5 Å². The molecule has 0 radical (unpaired) electrons. The largest absolute Gasteiger partial charge is 0.405 e. The van der Waals surface area contributed by atoms with E-state index in [1.54, 1.807) is 12.4 Å². The van der Waals surface area contributed by atoms with Gasteiger partial charge in [0.25, 0.3) is 0 Å². The Morgan fingerprint density at radius 3 is 2.88 bits per heavy atom. The minimum absolute atomic E-state index is 0.650. The summed E-state index contributed by atoms with van der Waals surface area (Å²) >= 11 is 0. The minimum atomic E-state index is 0.650. The van der Waals surface area contributed by atoms with Gasteiger partial charge >= 0.3 is 0 Å². The molecule has 0 aromatic carbocycles. The van der Waals surface area contributed by atoms with Crippen molar-refractivity contribution in [2.75, 3.05) is 0 Å². The SMILES string of the molecule is C=C(/N=C\C(BC)=C/N)c1cccc(C)n1. The Kier molecular flexibility index (Phi) is 4.52. The molecule has 1 heterocycles. The highest BCUT2D eigenvalue weighted by Crippen LogP contribution is 2.10. The Hall–Kier alpha value is -1.84. The molecule has 0 fully saturated rings. The van der Waals surface area contributed by atoms with Crippen molar-refractivity contribution in [3.8, 4) is 0 Å². The van der Waals surface area contributed by atoms with Crippen LogP contribution in [0.2, 0.25) is 6.82 Å². The van der Waals surface area contributed by atoms with Crippen molar-refractivity contribution < 1.29 is 0 Å². The van der Waals surface area contributed by atoms with Crippen LogP contribution in [0, 0.1) is 6.92 Å². The molecule has 0 amide bonds. The van der Waals surface area contributed by atoms with Crippen molar-refractivity contribution in [3.05, 3.63) is 47.8 Å². The van der Waals surface area contributed by atoms with Gasteiger partial charge in [0, 0.05) is 11.9 Å². The monoisotopic (exact) mass is 213 g/mol. The molecular weight excluding hydrogens is 197 g/mol. The molecule has 3 nitrogen and oxygen atoms in total. The average Bonchev–Trinajstić information content (AvgIpc) is 2.30. The van der Waals surface area contributed by atoms with E-state index in [4.69, 9.17) is 5.73 Å². The molecule has 1 aromatic heterocycles. The summed E-state index contributed by atoms with van der Waals surface area (Å²) in [6.07, 6.45) is 3.28. The van der Waals surface area contributed by atoms with Crippen molar-refractivity contribution in [3.63, 3.8) is 0 Å². The molecule has 0 unspecified atom stereocenters. The molecule has 0 saturated carbocycles. The lowest BCUT2D eigenvalue weighted by Gasteiger charge is -2.00. The van der Waals surface area contributed by atoms with Gasteiger partial charge in [-0.3, -0.25) is 9.98 Å². The maximum atomic E-state index is 5.43. The summed E-state index contributed by atoms with van der Waals surface area (Å²) in [5, 5.41) is 0. The van der Waals surface area contributed by atoms with E-state index in [0.717, 1.165) is 24.1 Å². The molecule has 0 spiro atoms. The highest BCUT2D eigenvalue weighted by Gasteiger charge is 1.98. The molecule has 0 saturated heterocycles. The van der Waals surface area contributed by atoms with E-state index in [0.29, 0.717) is 5.70 Å². The molecule has 2 N–H and O–H groups in total. The maximum Gasteiger partial charge on any atom is 0.158 e. The van der Waals surface area contributed by atoms with E-state index in [1.165, 1.54) is 0 Å². The fraction of sp³-hybridized carbons (Fsp3) is 0.167. The quantitative estimate of drug-likeness (QED) is 0.611. The second-order valence-corrected chi connectivity index (χ2v) is 3.46. The van der Waals surface area contributed by atoms with E-state index in [9.17, 15) is 0 Å². The number of aliphatic imine (C=N–C) groups is 1. The standard InChI is InChI=1S/C12H16BN3/c1-9-5-4-6-12(16-9)10(2)15-8-11(7-14)13-3/h4-8,13H,2,14H2,1,3H3/b11-7+,15-8-. The summed E-state index contributed by atoms with van der Waals surface area (Å²) in [6, 6.07) is 5.78. The number of hydrogen-bond donors (Lipinski definition) is 1. The topological polar surface area (TPSA) is 51.3 Å². The molecule has 82 valence electrons. The molecular formula is C12H16BN3. The lowest BCUT2D eigenvalue weighted by atomic mass is 9.73. The van der Waals surface area contributed by atoms with Crippen LogP contribution in [0.5, 0.6) is 0 Å². The number of nitrogens with two attached hydrogens (primary N) is 1. The van der Waals surface area contributed by atoms with Crippen molar-refractivity contribution in [1.29, 1.82) is 0 Å². The Morgan fingerprint density at radius 1 is 1.56 bits per heavy atom. The molecule has 0 aliphatic rings. The van der Waals surface area contributed by atoms with Crippen LogP contribution >= 0.6 is 0 Å². The number of aromatic nitrogens is 1. The van der Waals surface area contributed by atoms with Gasteiger partial charge in [0.15, 0.2) is 7.28 Å². The number of nitrogens with zero attached hydrogens (tertiary/aromatic N) is 2. The molecule has 0 aliphatic carbocycles. The highest BCUT2D eigenvalue weighted by atomic mass is 14.8. The lowest BCUT2D eigenvalue weighted by Crippen LogP contribution is -1.97. The molecule has 0 atom stereocenters. The zero-order valence-electron chi connectivity index (χ0n) is 9.77. The van der Waals surface area contributed by atoms with Gasteiger partial charge in [-0.2, -0.15) is 0 Å². The van der Waals surface area contributed by atoms with E-state index in [-0.39, 0.29) is 0 Å². The first kappa shape index (κ1) is 12.2. The first-order chi connectivity index (χ1) is 7.67. The van der Waals surface area contributed by atoms with E-state index < -0.39 is 0 Å². The second kappa shape index (κ2) is 5.90.